The third-order valence-corrected chi connectivity index (χ3v) is 5.82. The Kier molecular flexibility index (Phi) is 5.40. The van der Waals surface area contributed by atoms with Gasteiger partial charge in [-0.15, -0.1) is 6.58 Å². The Morgan fingerprint density at radius 2 is 2.00 bits per heavy atom. The van der Waals surface area contributed by atoms with Crippen molar-refractivity contribution >= 4 is 11.3 Å². The molecule has 0 bridgehead atoms. The van der Waals surface area contributed by atoms with Gasteiger partial charge in [0.1, 0.15) is 29.4 Å². The second-order valence-corrected chi connectivity index (χ2v) is 7.91. The van der Waals surface area contributed by atoms with E-state index in [9.17, 15) is 0 Å². The molecule has 31 heavy (non-hydrogen) atoms. The maximum atomic E-state index is 6.07. The van der Waals surface area contributed by atoms with Crippen molar-refractivity contribution in [3.05, 3.63) is 91.0 Å². The number of nitrogens with zero attached hydrogens (tertiary/aromatic N) is 3. The van der Waals surface area contributed by atoms with E-state index < -0.39 is 0 Å². The van der Waals surface area contributed by atoms with Crippen molar-refractivity contribution in [3.63, 3.8) is 0 Å². The molecule has 0 unspecified atom stereocenters. The van der Waals surface area contributed by atoms with Crippen LogP contribution in [0.25, 0.3) is 16.8 Å². The van der Waals surface area contributed by atoms with Crippen molar-refractivity contribution < 1.29 is 4.74 Å². The van der Waals surface area contributed by atoms with Crippen LogP contribution in [0.15, 0.2) is 79.6 Å². The van der Waals surface area contributed by atoms with Crippen LogP contribution in [0.3, 0.4) is 0 Å². The molecule has 0 saturated heterocycles. The average Bonchev–Trinajstić information content (AvgIpc) is 3.16. The standard InChI is InChI=1S/C26H26N4O/c1-2-14-27-25-24-23(29-26(20-10-6-11-20)30(24)16-15-28-25)21-12-7-13-22(17-21)31-18-19-8-4-3-5-9-19/h2-5,7-9,12-13,15-17,20H,1,6,10-11,14,18H2,(H,27,28). The lowest BCUT2D eigenvalue weighted by atomic mass is 9.85. The zero-order valence-electron chi connectivity index (χ0n) is 17.5. The van der Waals surface area contributed by atoms with E-state index in [1.165, 1.54) is 19.3 Å². The van der Waals surface area contributed by atoms with Gasteiger partial charge in [-0.25, -0.2) is 9.97 Å². The van der Waals surface area contributed by atoms with Crippen LogP contribution in [0.1, 0.15) is 36.6 Å². The third kappa shape index (κ3) is 3.91. The highest BCUT2D eigenvalue weighted by atomic mass is 16.5. The molecule has 0 aliphatic heterocycles. The van der Waals surface area contributed by atoms with Crippen LogP contribution in [0, 0.1) is 0 Å². The number of rotatable bonds is 8. The molecule has 5 rings (SSSR count). The Labute approximate surface area is 182 Å². The van der Waals surface area contributed by atoms with Crippen LogP contribution >= 0.6 is 0 Å². The monoisotopic (exact) mass is 410 g/mol. The van der Waals surface area contributed by atoms with E-state index in [-0.39, 0.29) is 0 Å². The Morgan fingerprint density at radius 3 is 2.77 bits per heavy atom. The summed E-state index contributed by atoms with van der Waals surface area (Å²) in [5.74, 6) is 3.28. The highest BCUT2D eigenvalue weighted by Crippen LogP contribution is 2.40. The Bertz CT molecular complexity index is 1190. The Balaban J connectivity index is 1.53. The van der Waals surface area contributed by atoms with E-state index >= 15 is 0 Å². The van der Waals surface area contributed by atoms with Gasteiger partial charge in [0.05, 0.1) is 0 Å². The summed E-state index contributed by atoms with van der Waals surface area (Å²) < 4.78 is 8.27. The summed E-state index contributed by atoms with van der Waals surface area (Å²) in [5.41, 5.74) is 4.12. The summed E-state index contributed by atoms with van der Waals surface area (Å²) >= 11 is 0. The average molecular weight is 411 g/mol. The van der Waals surface area contributed by atoms with E-state index in [1.807, 2.05) is 48.8 Å². The van der Waals surface area contributed by atoms with Crippen molar-refractivity contribution in [2.75, 3.05) is 11.9 Å². The number of aromatic nitrogens is 3. The summed E-state index contributed by atoms with van der Waals surface area (Å²) in [6, 6.07) is 18.4. The van der Waals surface area contributed by atoms with E-state index in [0.717, 1.165) is 39.7 Å². The van der Waals surface area contributed by atoms with Gasteiger partial charge in [-0.1, -0.05) is 55.0 Å². The molecule has 2 aromatic heterocycles. The number of nitrogens with one attached hydrogen (secondary N) is 1. The van der Waals surface area contributed by atoms with Gasteiger partial charge >= 0.3 is 0 Å². The van der Waals surface area contributed by atoms with Gasteiger partial charge < -0.3 is 10.1 Å². The number of anilines is 1. The fourth-order valence-corrected chi connectivity index (χ4v) is 3.99. The molecule has 156 valence electrons. The molecular formula is C26H26N4O. The summed E-state index contributed by atoms with van der Waals surface area (Å²) in [4.78, 5) is 9.71. The number of ether oxygens (including phenoxy) is 1. The summed E-state index contributed by atoms with van der Waals surface area (Å²) in [6.07, 6.45) is 9.35. The number of hydrogen-bond acceptors (Lipinski definition) is 4. The first-order valence-electron chi connectivity index (χ1n) is 10.8. The maximum absolute atomic E-state index is 6.07. The lowest BCUT2D eigenvalue weighted by Crippen LogP contribution is -2.12. The number of benzene rings is 2. The van der Waals surface area contributed by atoms with Crippen LogP contribution in [0.2, 0.25) is 0 Å². The molecule has 0 atom stereocenters. The fraction of sp³-hybridized carbons (Fsp3) is 0.231. The second kappa shape index (κ2) is 8.64. The van der Waals surface area contributed by atoms with Gasteiger partial charge in [-0.05, 0) is 30.5 Å². The molecular weight excluding hydrogens is 384 g/mol. The van der Waals surface area contributed by atoms with Gasteiger partial charge in [-0.2, -0.15) is 0 Å². The highest BCUT2D eigenvalue weighted by Gasteiger charge is 2.27. The van der Waals surface area contributed by atoms with Crippen molar-refractivity contribution in [2.45, 2.75) is 31.8 Å². The molecule has 1 saturated carbocycles. The molecule has 0 spiro atoms. The molecule has 1 aliphatic rings. The van der Waals surface area contributed by atoms with Crippen molar-refractivity contribution in [1.29, 1.82) is 0 Å². The molecule has 0 radical (unpaired) electrons. The predicted octanol–water partition coefficient (Wildman–Crippen LogP) is 5.84. The topological polar surface area (TPSA) is 51.5 Å². The molecule has 5 nitrogen and oxygen atoms in total. The number of fused-ring (bicyclic) bond motifs is 1. The molecule has 1 fully saturated rings. The lowest BCUT2D eigenvalue weighted by molar-refractivity contribution is 0.306. The minimum absolute atomic E-state index is 0.508. The van der Waals surface area contributed by atoms with Crippen LogP contribution in [-0.4, -0.2) is 20.9 Å². The van der Waals surface area contributed by atoms with Gasteiger partial charge in [0, 0.05) is 30.4 Å². The lowest BCUT2D eigenvalue weighted by Gasteiger charge is -2.24. The van der Waals surface area contributed by atoms with Gasteiger partial charge in [0.15, 0.2) is 5.82 Å². The van der Waals surface area contributed by atoms with E-state index in [1.54, 1.807) is 0 Å². The van der Waals surface area contributed by atoms with Crippen molar-refractivity contribution in [2.24, 2.45) is 0 Å². The largest absolute Gasteiger partial charge is 0.489 e. The SMILES string of the molecule is C=CCNc1nccn2c(C3CCC3)nc(-c3cccc(OCc4ccccc4)c3)c12. The molecule has 1 N–H and O–H groups in total. The fourth-order valence-electron chi connectivity index (χ4n) is 3.99. The number of hydrogen-bond donors (Lipinski definition) is 1. The summed E-state index contributed by atoms with van der Waals surface area (Å²) in [5, 5.41) is 3.38. The second-order valence-electron chi connectivity index (χ2n) is 7.91. The quantitative estimate of drug-likeness (QED) is 0.371. The predicted molar refractivity (Wildman–Crippen MR) is 124 cm³/mol. The van der Waals surface area contributed by atoms with Gasteiger partial charge in [0.25, 0.3) is 0 Å². The minimum atomic E-state index is 0.508. The molecule has 2 heterocycles. The first-order chi connectivity index (χ1) is 15.3. The van der Waals surface area contributed by atoms with Crippen LogP contribution in [0.4, 0.5) is 5.82 Å². The Hall–Kier alpha value is -3.60. The molecule has 0 amide bonds. The maximum Gasteiger partial charge on any atom is 0.152 e. The van der Waals surface area contributed by atoms with Crippen molar-refractivity contribution in [1.82, 2.24) is 14.4 Å². The molecule has 1 aliphatic carbocycles. The van der Waals surface area contributed by atoms with E-state index in [4.69, 9.17) is 9.72 Å². The van der Waals surface area contributed by atoms with Gasteiger partial charge in [0.2, 0.25) is 0 Å². The molecule has 2 aromatic carbocycles. The third-order valence-electron chi connectivity index (χ3n) is 5.82. The first-order valence-corrected chi connectivity index (χ1v) is 10.8. The normalized spacial score (nSPS) is 13.7. The highest BCUT2D eigenvalue weighted by molar-refractivity contribution is 5.86. The van der Waals surface area contributed by atoms with Crippen LogP contribution in [-0.2, 0) is 6.61 Å². The zero-order chi connectivity index (χ0) is 21.0. The molecule has 5 heteroatoms. The van der Waals surface area contributed by atoms with Crippen LogP contribution in [0.5, 0.6) is 5.75 Å². The zero-order valence-corrected chi connectivity index (χ0v) is 17.5. The van der Waals surface area contributed by atoms with E-state index in [2.05, 4.69) is 45.5 Å². The number of imidazole rings is 1. The van der Waals surface area contributed by atoms with Crippen LogP contribution < -0.4 is 10.1 Å². The molecule has 4 aromatic rings. The van der Waals surface area contributed by atoms with Gasteiger partial charge in [-0.3, -0.25) is 4.40 Å². The minimum Gasteiger partial charge on any atom is -0.489 e. The van der Waals surface area contributed by atoms with E-state index in [0.29, 0.717) is 19.1 Å². The smallest absolute Gasteiger partial charge is 0.152 e. The summed E-state index contributed by atoms with van der Waals surface area (Å²) in [6.45, 7) is 5.01. The van der Waals surface area contributed by atoms with Crippen molar-refractivity contribution in [3.8, 4) is 17.0 Å². The Morgan fingerprint density at radius 1 is 1.13 bits per heavy atom. The summed E-state index contributed by atoms with van der Waals surface area (Å²) in [7, 11) is 0. The first kappa shape index (κ1) is 19.4.